The van der Waals surface area contributed by atoms with Gasteiger partial charge in [0.2, 0.25) is 5.56 Å². The molecule has 0 bridgehead atoms. The minimum Gasteiger partial charge on any atom is -0.399 e. The lowest BCUT2D eigenvalue weighted by Crippen LogP contribution is -2.04. The van der Waals surface area contributed by atoms with E-state index in [-0.39, 0.29) is 5.56 Å². The van der Waals surface area contributed by atoms with Crippen LogP contribution in [0.25, 0.3) is 11.3 Å². The number of pyridine rings is 1. The molecule has 15 heavy (non-hydrogen) atoms. The molecule has 3 N–H and O–H groups in total. The van der Waals surface area contributed by atoms with Crippen molar-refractivity contribution in [2.75, 3.05) is 5.73 Å². The first kappa shape index (κ1) is 9.52. The Hall–Kier alpha value is -2.03. The summed E-state index contributed by atoms with van der Waals surface area (Å²) < 4.78 is 0. The SMILES string of the molecule is Cc1ccc(N)cc1-c1cccc(=O)[nH]1. The molecular formula is C12H12N2O. The van der Waals surface area contributed by atoms with Gasteiger partial charge < -0.3 is 10.7 Å². The molecule has 0 aliphatic rings. The summed E-state index contributed by atoms with van der Waals surface area (Å²) in [4.78, 5) is 14.0. The second kappa shape index (κ2) is 3.61. The van der Waals surface area contributed by atoms with Crippen molar-refractivity contribution in [3.8, 4) is 11.3 Å². The topological polar surface area (TPSA) is 58.9 Å². The van der Waals surface area contributed by atoms with E-state index in [4.69, 9.17) is 5.73 Å². The van der Waals surface area contributed by atoms with Crippen molar-refractivity contribution in [2.45, 2.75) is 6.92 Å². The molecule has 2 aromatic rings. The van der Waals surface area contributed by atoms with Crippen molar-refractivity contribution in [1.82, 2.24) is 4.98 Å². The van der Waals surface area contributed by atoms with Gasteiger partial charge in [-0.05, 0) is 30.7 Å². The average molecular weight is 200 g/mol. The molecular weight excluding hydrogens is 188 g/mol. The number of anilines is 1. The summed E-state index contributed by atoms with van der Waals surface area (Å²) >= 11 is 0. The number of aryl methyl sites for hydroxylation is 1. The van der Waals surface area contributed by atoms with Gasteiger partial charge in [-0.25, -0.2) is 0 Å². The van der Waals surface area contributed by atoms with Crippen LogP contribution in [0.15, 0.2) is 41.2 Å². The summed E-state index contributed by atoms with van der Waals surface area (Å²) in [5, 5.41) is 0. The van der Waals surface area contributed by atoms with Gasteiger partial charge in [0.15, 0.2) is 0 Å². The van der Waals surface area contributed by atoms with E-state index in [1.54, 1.807) is 6.07 Å². The maximum atomic E-state index is 11.2. The molecule has 0 radical (unpaired) electrons. The van der Waals surface area contributed by atoms with Crippen LogP contribution in [0.4, 0.5) is 5.69 Å². The quantitative estimate of drug-likeness (QED) is 0.691. The Balaban J connectivity index is 2.63. The maximum Gasteiger partial charge on any atom is 0.248 e. The molecule has 0 atom stereocenters. The molecule has 0 amide bonds. The minimum absolute atomic E-state index is 0.102. The highest BCUT2D eigenvalue weighted by atomic mass is 16.1. The molecule has 2 rings (SSSR count). The smallest absolute Gasteiger partial charge is 0.248 e. The predicted octanol–water partition coefficient (Wildman–Crippen LogP) is 1.93. The van der Waals surface area contributed by atoms with Gasteiger partial charge in [0, 0.05) is 23.0 Å². The molecule has 1 aromatic heterocycles. The fourth-order valence-corrected chi connectivity index (χ4v) is 1.53. The minimum atomic E-state index is -0.102. The van der Waals surface area contributed by atoms with E-state index < -0.39 is 0 Å². The number of hydrogen-bond acceptors (Lipinski definition) is 2. The van der Waals surface area contributed by atoms with Gasteiger partial charge in [-0.1, -0.05) is 12.1 Å². The summed E-state index contributed by atoms with van der Waals surface area (Å²) in [5.74, 6) is 0. The molecule has 0 spiro atoms. The van der Waals surface area contributed by atoms with E-state index in [2.05, 4.69) is 4.98 Å². The fourth-order valence-electron chi connectivity index (χ4n) is 1.53. The number of H-pyrrole nitrogens is 1. The van der Waals surface area contributed by atoms with E-state index in [1.165, 1.54) is 6.07 Å². The van der Waals surface area contributed by atoms with Gasteiger partial charge >= 0.3 is 0 Å². The zero-order valence-electron chi connectivity index (χ0n) is 8.45. The van der Waals surface area contributed by atoms with Crippen LogP contribution in [-0.2, 0) is 0 Å². The molecule has 0 saturated heterocycles. The molecule has 3 heteroatoms. The Bertz CT molecular complexity index is 543. The normalized spacial score (nSPS) is 10.2. The van der Waals surface area contributed by atoms with Gasteiger partial charge in [-0.2, -0.15) is 0 Å². The summed E-state index contributed by atoms with van der Waals surface area (Å²) in [5.41, 5.74) is 9.16. The maximum absolute atomic E-state index is 11.2. The molecule has 3 nitrogen and oxygen atoms in total. The van der Waals surface area contributed by atoms with E-state index in [0.717, 1.165) is 16.8 Å². The van der Waals surface area contributed by atoms with Crippen LogP contribution in [-0.4, -0.2) is 4.98 Å². The number of nitrogens with one attached hydrogen (secondary N) is 1. The molecule has 0 saturated carbocycles. The van der Waals surface area contributed by atoms with Crippen LogP contribution in [0.2, 0.25) is 0 Å². The first-order chi connectivity index (χ1) is 7.16. The number of hydrogen-bond donors (Lipinski definition) is 2. The van der Waals surface area contributed by atoms with Crippen LogP contribution in [0.3, 0.4) is 0 Å². The van der Waals surface area contributed by atoms with Gasteiger partial charge in [0.25, 0.3) is 0 Å². The molecule has 0 aliphatic carbocycles. The van der Waals surface area contributed by atoms with Gasteiger partial charge in [0.1, 0.15) is 0 Å². The van der Waals surface area contributed by atoms with Crippen molar-refractivity contribution in [1.29, 1.82) is 0 Å². The Kier molecular flexibility index (Phi) is 2.29. The van der Waals surface area contributed by atoms with Crippen molar-refractivity contribution in [2.24, 2.45) is 0 Å². The summed E-state index contributed by atoms with van der Waals surface area (Å²) in [6.07, 6.45) is 0. The third kappa shape index (κ3) is 1.91. The lowest BCUT2D eigenvalue weighted by Gasteiger charge is -2.06. The lowest BCUT2D eigenvalue weighted by molar-refractivity contribution is 1.23. The Labute approximate surface area is 87.6 Å². The summed E-state index contributed by atoms with van der Waals surface area (Å²) in [7, 11) is 0. The van der Waals surface area contributed by atoms with Gasteiger partial charge in [-0.15, -0.1) is 0 Å². The van der Waals surface area contributed by atoms with Crippen molar-refractivity contribution in [3.05, 3.63) is 52.3 Å². The van der Waals surface area contributed by atoms with Crippen LogP contribution in [0.5, 0.6) is 0 Å². The first-order valence-electron chi connectivity index (χ1n) is 4.72. The van der Waals surface area contributed by atoms with Crippen LogP contribution in [0, 0.1) is 6.92 Å². The largest absolute Gasteiger partial charge is 0.399 e. The molecule has 1 aromatic carbocycles. The number of benzene rings is 1. The number of nitrogen functional groups attached to an aromatic ring is 1. The summed E-state index contributed by atoms with van der Waals surface area (Å²) in [6.45, 7) is 1.99. The van der Waals surface area contributed by atoms with Gasteiger partial charge in [-0.3, -0.25) is 4.79 Å². The third-order valence-corrected chi connectivity index (χ3v) is 2.32. The molecule has 76 valence electrons. The van der Waals surface area contributed by atoms with Crippen LogP contribution < -0.4 is 11.3 Å². The van der Waals surface area contributed by atoms with Crippen molar-refractivity contribution < 1.29 is 0 Å². The Morgan fingerprint density at radius 2 is 2.00 bits per heavy atom. The number of nitrogens with two attached hydrogens (primary N) is 1. The van der Waals surface area contributed by atoms with Gasteiger partial charge in [0.05, 0.1) is 0 Å². The van der Waals surface area contributed by atoms with E-state index in [1.807, 2.05) is 31.2 Å². The Morgan fingerprint density at radius 1 is 1.20 bits per heavy atom. The predicted molar refractivity (Wildman–Crippen MR) is 61.6 cm³/mol. The zero-order valence-corrected chi connectivity index (χ0v) is 8.45. The first-order valence-corrected chi connectivity index (χ1v) is 4.72. The van der Waals surface area contributed by atoms with Crippen LogP contribution >= 0.6 is 0 Å². The molecule has 0 unspecified atom stereocenters. The highest BCUT2D eigenvalue weighted by Gasteiger charge is 2.02. The molecule has 1 heterocycles. The average Bonchev–Trinajstić information content (AvgIpc) is 2.22. The highest BCUT2D eigenvalue weighted by molar-refractivity contribution is 5.67. The number of aromatic amines is 1. The number of aromatic nitrogens is 1. The fraction of sp³-hybridized carbons (Fsp3) is 0.0833. The van der Waals surface area contributed by atoms with Crippen molar-refractivity contribution >= 4 is 5.69 Å². The number of rotatable bonds is 1. The standard InChI is InChI=1S/C12H12N2O/c1-8-5-6-9(13)7-10(8)11-3-2-4-12(15)14-11/h2-7H,13H2,1H3,(H,14,15). The van der Waals surface area contributed by atoms with Crippen molar-refractivity contribution in [3.63, 3.8) is 0 Å². The van der Waals surface area contributed by atoms with E-state index >= 15 is 0 Å². The monoisotopic (exact) mass is 200 g/mol. The zero-order chi connectivity index (χ0) is 10.8. The third-order valence-electron chi connectivity index (χ3n) is 2.32. The summed E-state index contributed by atoms with van der Waals surface area (Å²) in [6, 6.07) is 10.7. The molecule has 0 aliphatic heterocycles. The lowest BCUT2D eigenvalue weighted by atomic mass is 10.0. The molecule has 0 fully saturated rings. The highest BCUT2D eigenvalue weighted by Crippen LogP contribution is 2.22. The second-order valence-corrected chi connectivity index (χ2v) is 3.50. The Morgan fingerprint density at radius 3 is 2.73 bits per heavy atom. The van der Waals surface area contributed by atoms with E-state index in [0.29, 0.717) is 5.69 Å². The van der Waals surface area contributed by atoms with E-state index in [9.17, 15) is 4.79 Å². The van der Waals surface area contributed by atoms with Crippen LogP contribution in [0.1, 0.15) is 5.56 Å². The second-order valence-electron chi connectivity index (χ2n) is 3.50.